The average Bonchev–Trinajstić information content (AvgIpc) is 2.83. The summed E-state index contributed by atoms with van der Waals surface area (Å²) in [4.78, 5) is 0. The van der Waals surface area contributed by atoms with Gasteiger partial charge in [0.05, 0.1) is 0 Å². The third kappa shape index (κ3) is 4.26. The lowest BCUT2D eigenvalue weighted by Crippen LogP contribution is -2.19. The van der Waals surface area contributed by atoms with E-state index in [2.05, 4.69) is 34.1 Å². The summed E-state index contributed by atoms with van der Waals surface area (Å²) in [5.41, 5.74) is 2.00. The van der Waals surface area contributed by atoms with Crippen LogP contribution in [0.3, 0.4) is 0 Å². The van der Waals surface area contributed by atoms with Crippen LogP contribution in [0.5, 0.6) is 5.75 Å². The molecule has 2 aromatic rings. The van der Waals surface area contributed by atoms with E-state index in [1.165, 1.54) is 6.07 Å². The maximum Gasteiger partial charge on any atom is 0.165 e. The summed E-state index contributed by atoms with van der Waals surface area (Å²) in [6, 6.07) is 4.91. The number of aryl methyl sites for hydroxylation is 1. The van der Waals surface area contributed by atoms with Gasteiger partial charge in [0.15, 0.2) is 11.6 Å². The predicted molar refractivity (Wildman–Crippen MR) is 76.3 cm³/mol. The number of rotatable bonds is 7. The Kier molecular flexibility index (Phi) is 5.27. The second-order valence-electron chi connectivity index (χ2n) is 5.34. The summed E-state index contributed by atoms with van der Waals surface area (Å²) in [5, 5.41) is 10.7. The largest absolute Gasteiger partial charge is 0.484 e. The number of ether oxygens (including phenoxy) is 1. The van der Waals surface area contributed by atoms with Crippen molar-refractivity contribution in [3.63, 3.8) is 0 Å². The van der Waals surface area contributed by atoms with Gasteiger partial charge in [-0.25, -0.2) is 9.02 Å². The molecule has 21 heavy (non-hydrogen) atoms. The highest BCUT2D eigenvalue weighted by Crippen LogP contribution is 2.24. The minimum atomic E-state index is -0.382. The number of aromatic nitrogens is 2. The molecule has 114 valence electrons. The normalized spacial score (nSPS) is 11.1. The molecule has 0 fully saturated rings. The zero-order chi connectivity index (χ0) is 15.2. The van der Waals surface area contributed by atoms with E-state index in [0.717, 1.165) is 12.1 Å². The molecule has 0 saturated carbocycles. The third-order valence-corrected chi connectivity index (χ3v) is 3.02. The molecule has 0 unspecified atom stereocenters. The van der Waals surface area contributed by atoms with E-state index < -0.39 is 0 Å². The van der Waals surface area contributed by atoms with E-state index in [0.29, 0.717) is 23.9 Å². The van der Waals surface area contributed by atoms with E-state index in [-0.39, 0.29) is 18.2 Å². The molecule has 1 aromatic carbocycles. The summed E-state index contributed by atoms with van der Waals surface area (Å²) in [5.74, 6) is 0.399. The molecule has 0 spiro atoms. The van der Waals surface area contributed by atoms with Crippen LogP contribution in [-0.4, -0.2) is 16.9 Å². The van der Waals surface area contributed by atoms with Crippen molar-refractivity contribution in [1.82, 2.24) is 15.6 Å². The monoisotopic (exact) mass is 293 g/mol. The van der Waals surface area contributed by atoms with Crippen LogP contribution in [0.25, 0.3) is 0 Å². The van der Waals surface area contributed by atoms with Crippen molar-refractivity contribution >= 4 is 0 Å². The summed E-state index contributed by atoms with van der Waals surface area (Å²) in [6.45, 7) is 7.56. The van der Waals surface area contributed by atoms with Gasteiger partial charge >= 0.3 is 0 Å². The molecule has 1 aromatic heterocycles. The molecule has 0 bridgehead atoms. The van der Waals surface area contributed by atoms with Crippen molar-refractivity contribution in [2.24, 2.45) is 5.92 Å². The molecule has 0 aliphatic rings. The summed E-state index contributed by atoms with van der Waals surface area (Å²) in [6.07, 6.45) is 0. The van der Waals surface area contributed by atoms with E-state index >= 15 is 0 Å². The molecule has 2 rings (SSSR count). The van der Waals surface area contributed by atoms with Crippen molar-refractivity contribution in [3.8, 4) is 5.75 Å². The minimum Gasteiger partial charge on any atom is -0.484 e. The number of hydrogen-bond acceptors (Lipinski definition) is 5. The van der Waals surface area contributed by atoms with Crippen LogP contribution in [0.1, 0.15) is 30.8 Å². The fourth-order valence-electron chi connectivity index (χ4n) is 1.87. The number of nitrogens with one attached hydrogen (secondary N) is 1. The number of hydrogen-bond donors (Lipinski definition) is 1. The molecule has 6 heteroatoms. The molecule has 0 amide bonds. The van der Waals surface area contributed by atoms with Gasteiger partial charge in [-0.05, 0) is 25.5 Å². The Hall–Kier alpha value is -1.95. The van der Waals surface area contributed by atoms with Crippen molar-refractivity contribution < 1.29 is 13.8 Å². The van der Waals surface area contributed by atoms with Crippen LogP contribution in [0.15, 0.2) is 22.8 Å². The summed E-state index contributed by atoms with van der Waals surface area (Å²) < 4.78 is 24.1. The SMILES string of the molecule is Cc1nonc1COc1c(F)cccc1CNCC(C)C. The predicted octanol–water partition coefficient (Wildman–Crippen LogP) is 2.84. The van der Waals surface area contributed by atoms with Gasteiger partial charge < -0.3 is 10.1 Å². The lowest BCUT2D eigenvalue weighted by molar-refractivity contribution is 0.260. The summed E-state index contributed by atoms with van der Waals surface area (Å²) >= 11 is 0. The molecular weight excluding hydrogens is 273 g/mol. The smallest absolute Gasteiger partial charge is 0.165 e. The van der Waals surface area contributed by atoms with Gasteiger partial charge in [0, 0.05) is 12.1 Å². The quantitative estimate of drug-likeness (QED) is 0.850. The van der Waals surface area contributed by atoms with Crippen LogP contribution in [0, 0.1) is 18.7 Å². The van der Waals surface area contributed by atoms with Crippen LogP contribution in [-0.2, 0) is 13.2 Å². The first-order valence-electron chi connectivity index (χ1n) is 6.97. The first-order chi connectivity index (χ1) is 10.1. The van der Waals surface area contributed by atoms with Crippen molar-refractivity contribution in [1.29, 1.82) is 0 Å². The van der Waals surface area contributed by atoms with Crippen LogP contribution < -0.4 is 10.1 Å². The van der Waals surface area contributed by atoms with Gasteiger partial charge in [-0.1, -0.05) is 36.3 Å². The highest BCUT2D eigenvalue weighted by atomic mass is 19.1. The number of nitrogens with zero attached hydrogens (tertiary/aromatic N) is 2. The molecule has 0 atom stereocenters. The van der Waals surface area contributed by atoms with E-state index in [4.69, 9.17) is 4.74 Å². The molecule has 1 N–H and O–H groups in total. The molecular formula is C15H20FN3O2. The van der Waals surface area contributed by atoms with Crippen LogP contribution in [0.4, 0.5) is 4.39 Å². The maximum absolute atomic E-state index is 14.0. The first kappa shape index (κ1) is 15.4. The Morgan fingerprint density at radius 3 is 2.81 bits per heavy atom. The summed E-state index contributed by atoms with van der Waals surface area (Å²) in [7, 11) is 0. The van der Waals surface area contributed by atoms with Crippen molar-refractivity contribution in [2.75, 3.05) is 6.54 Å². The zero-order valence-electron chi connectivity index (χ0n) is 12.5. The molecule has 0 aliphatic heterocycles. The standard InChI is InChI=1S/C15H20FN3O2/c1-10(2)7-17-8-12-5-4-6-13(16)15(12)20-9-14-11(3)18-21-19-14/h4-6,10,17H,7-9H2,1-3H3. The van der Waals surface area contributed by atoms with Gasteiger partial charge in [-0.3, -0.25) is 0 Å². The molecule has 0 saturated heterocycles. The molecule has 0 radical (unpaired) electrons. The van der Waals surface area contributed by atoms with Crippen LogP contribution >= 0.6 is 0 Å². The van der Waals surface area contributed by atoms with Gasteiger partial charge in [0.2, 0.25) is 0 Å². The lowest BCUT2D eigenvalue weighted by atomic mass is 10.1. The fourth-order valence-corrected chi connectivity index (χ4v) is 1.87. The van der Waals surface area contributed by atoms with Gasteiger partial charge in [-0.15, -0.1) is 0 Å². The van der Waals surface area contributed by atoms with Gasteiger partial charge in [0.1, 0.15) is 18.0 Å². The minimum absolute atomic E-state index is 0.132. The third-order valence-electron chi connectivity index (χ3n) is 3.02. The first-order valence-corrected chi connectivity index (χ1v) is 6.97. The van der Waals surface area contributed by atoms with Crippen molar-refractivity contribution in [3.05, 3.63) is 41.0 Å². The van der Waals surface area contributed by atoms with E-state index in [1.54, 1.807) is 13.0 Å². The molecule has 1 heterocycles. The van der Waals surface area contributed by atoms with Gasteiger partial charge in [-0.2, -0.15) is 0 Å². The fraction of sp³-hybridized carbons (Fsp3) is 0.467. The molecule has 5 nitrogen and oxygen atoms in total. The Bertz CT molecular complexity index is 584. The second kappa shape index (κ2) is 7.17. The highest BCUT2D eigenvalue weighted by Gasteiger charge is 2.12. The Labute approximate surface area is 123 Å². The topological polar surface area (TPSA) is 60.2 Å². The Balaban J connectivity index is 2.05. The molecule has 0 aliphatic carbocycles. The zero-order valence-corrected chi connectivity index (χ0v) is 12.5. The van der Waals surface area contributed by atoms with E-state index in [1.807, 2.05) is 6.07 Å². The lowest BCUT2D eigenvalue weighted by Gasteiger charge is -2.13. The maximum atomic E-state index is 14.0. The number of halogens is 1. The van der Waals surface area contributed by atoms with Crippen molar-refractivity contribution in [2.45, 2.75) is 33.9 Å². The number of benzene rings is 1. The Morgan fingerprint density at radius 1 is 1.33 bits per heavy atom. The highest BCUT2D eigenvalue weighted by molar-refractivity contribution is 5.35. The second-order valence-corrected chi connectivity index (χ2v) is 5.34. The van der Waals surface area contributed by atoms with Crippen LogP contribution in [0.2, 0.25) is 0 Å². The van der Waals surface area contributed by atoms with Gasteiger partial charge in [0.25, 0.3) is 0 Å². The van der Waals surface area contributed by atoms with E-state index in [9.17, 15) is 4.39 Å². The Morgan fingerprint density at radius 2 is 2.14 bits per heavy atom. The number of para-hydroxylation sites is 1. The average molecular weight is 293 g/mol.